The lowest BCUT2D eigenvalue weighted by Crippen LogP contribution is -2.05. The van der Waals surface area contributed by atoms with Crippen LogP contribution in [0.15, 0.2) is 35.1 Å². The number of benzene rings is 1. The maximum absolute atomic E-state index is 10.8. The highest BCUT2D eigenvalue weighted by Crippen LogP contribution is 2.29. The number of methoxy groups -OCH3 is 1. The molecule has 0 saturated heterocycles. The molecule has 2 aromatic rings. The second-order valence-corrected chi connectivity index (χ2v) is 3.19. The van der Waals surface area contributed by atoms with Crippen LogP contribution in [0.3, 0.4) is 0 Å². The van der Waals surface area contributed by atoms with Crippen LogP contribution in [0, 0.1) is 0 Å². The van der Waals surface area contributed by atoms with E-state index in [-0.39, 0.29) is 11.3 Å². The van der Waals surface area contributed by atoms with Gasteiger partial charge in [0.05, 0.1) is 12.8 Å². The Morgan fingerprint density at radius 3 is 2.75 bits per heavy atom. The number of phenols is 1. The van der Waals surface area contributed by atoms with E-state index in [1.165, 1.54) is 19.2 Å². The fourth-order valence-electron chi connectivity index (χ4n) is 1.34. The lowest BCUT2D eigenvalue weighted by molar-refractivity contribution is 0.373. The molecular weight excluding hydrogens is 208 g/mol. The standard InChI is InChI=1S/C11H10N2O3/c1-16-10-6-7(2-4-9(10)14)8-3-5-11(15)13-12-8/h2-6,14H,1H3,(H,13,15). The number of hydrogen-bond donors (Lipinski definition) is 2. The molecule has 0 bridgehead atoms. The molecule has 2 N–H and O–H groups in total. The van der Waals surface area contributed by atoms with Gasteiger partial charge in [-0.3, -0.25) is 4.79 Å². The van der Waals surface area contributed by atoms with E-state index in [9.17, 15) is 9.90 Å². The fraction of sp³-hybridized carbons (Fsp3) is 0.0909. The van der Waals surface area contributed by atoms with Crippen molar-refractivity contribution in [2.75, 3.05) is 7.11 Å². The summed E-state index contributed by atoms with van der Waals surface area (Å²) in [5, 5.41) is 15.6. The largest absolute Gasteiger partial charge is 0.504 e. The summed E-state index contributed by atoms with van der Waals surface area (Å²) in [6.45, 7) is 0. The van der Waals surface area contributed by atoms with Crippen molar-refractivity contribution in [2.45, 2.75) is 0 Å². The number of aromatic amines is 1. The minimum Gasteiger partial charge on any atom is -0.504 e. The van der Waals surface area contributed by atoms with Gasteiger partial charge in [-0.05, 0) is 24.3 Å². The first-order chi connectivity index (χ1) is 7.70. The van der Waals surface area contributed by atoms with Crippen LogP contribution in [-0.2, 0) is 0 Å². The summed E-state index contributed by atoms with van der Waals surface area (Å²) in [7, 11) is 1.47. The molecule has 1 heterocycles. The quantitative estimate of drug-likeness (QED) is 0.792. The molecule has 2 rings (SSSR count). The molecule has 0 atom stereocenters. The van der Waals surface area contributed by atoms with E-state index in [1.54, 1.807) is 18.2 Å². The molecule has 0 radical (unpaired) electrons. The molecule has 0 aliphatic rings. The number of nitrogens with zero attached hydrogens (tertiary/aromatic N) is 1. The summed E-state index contributed by atoms with van der Waals surface area (Å²) in [4.78, 5) is 10.8. The van der Waals surface area contributed by atoms with Gasteiger partial charge in [0.15, 0.2) is 11.5 Å². The van der Waals surface area contributed by atoms with Gasteiger partial charge in [0.2, 0.25) is 0 Å². The Labute approximate surface area is 91.3 Å². The lowest BCUT2D eigenvalue weighted by Gasteiger charge is -2.05. The van der Waals surface area contributed by atoms with Crippen LogP contribution in [0.2, 0.25) is 0 Å². The minimum absolute atomic E-state index is 0.0654. The summed E-state index contributed by atoms with van der Waals surface area (Å²) in [5.74, 6) is 0.432. The normalized spacial score (nSPS) is 10.1. The molecule has 0 aliphatic carbocycles. The number of aromatic hydroxyl groups is 1. The molecule has 0 fully saturated rings. The van der Waals surface area contributed by atoms with Gasteiger partial charge in [-0.2, -0.15) is 5.10 Å². The molecule has 0 aliphatic heterocycles. The molecule has 82 valence electrons. The van der Waals surface area contributed by atoms with E-state index in [0.29, 0.717) is 11.4 Å². The molecule has 5 nitrogen and oxygen atoms in total. The predicted octanol–water partition coefficient (Wildman–Crippen LogP) is 1.15. The predicted molar refractivity (Wildman–Crippen MR) is 58.5 cm³/mol. The fourth-order valence-corrected chi connectivity index (χ4v) is 1.34. The van der Waals surface area contributed by atoms with E-state index < -0.39 is 0 Å². The third kappa shape index (κ3) is 1.88. The van der Waals surface area contributed by atoms with Crippen molar-refractivity contribution in [2.24, 2.45) is 0 Å². The number of ether oxygens (including phenoxy) is 1. The van der Waals surface area contributed by atoms with Gasteiger partial charge >= 0.3 is 0 Å². The second-order valence-electron chi connectivity index (χ2n) is 3.19. The highest BCUT2D eigenvalue weighted by atomic mass is 16.5. The first kappa shape index (κ1) is 10.2. The number of hydrogen-bond acceptors (Lipinski definition) is 4. The van der Waals surface area contributed by atoms with Crippen LogP contribution in [0.1, 0.15) is 0 Å². The van der Waals surface area contributed by atoms with Crippen molar-refractivity contribution < 1.29 is 9.84 Å². The van der Waals surface area contributed by atoms with Crippen molar-refractivity contribution in [1.29, 1.82) is 0 Å². The summed E-state index contributed by atoms with van der Waals surface area (Å²) in [6, 6.07) is 7.85. The summed E-state index contributed by atoms with van der Waals surface area (Å²) >= 11 is 0. The Kier molecular flexibility index (Phi) is 2.59. The van der Waals surface area contributed by atoms with Crippen LogP contribution in [0.4, 0.5) is 0 Å². The van der Waals surface area contributed by atoms with Gasteiger partial charge in [-0.15, -0.1) is 0 Å². The van der Waals surface area contributed by atoms with E-state index in [1.807, 2.05) is 0 Å². The Morgan fingerprint density at radius 2 is 2.12 bits per heavy atom. The molecule has 5 heteroatoms. The van der Waals surface area contributed by atoms with Crippen LogP contribution < -0.4 is 10.3 Å². The van der Waals surface area contributed by atoms with Crippen LogP contribution in [0.25, 0.3) is 11.3 Å². The zero-order valence-electron chi connectivity index (χ0n) is 8.60. The number of phenolic OH excluding ortho intramolecular Hbond substituents is 1. The molecule has 0 spiro atoms. The highest BCUT2D eigenvalue weighted by Gasteiger charge is 2.05. The lowest BCUT2D eigenvalue weighted by atomic mass is 10.1. The van der Waals surface area contributed by atoms with Gasteiger partial charge in [-0.1, -0.05) is 0 Å². The van der Waals surface area contributed by atoms with Crippen LogP contribution in [0.5, 0.6) is 11.5 Å². The number of H-pyrrole nitrogens is 1. The maximum Gasteiger partial charge on any atom is 0.264 e. The topological polar surface area (TPSA) is 75.2 Å². The van der Waals surface area contributed by atoms with Gasteiger partial charge in [0.25, 0.3) is 5.56 Å². The van der Waals surface area contributed by atoms with Gasteiger partial charge in [-0.25, -0.2) is 5.10 Å². The van der Waals surface area contributed by atoms with Gasteiger partial charge in [0.1, 0.15) is 0 Å². The first-order valence-corrected chi connectivity index (χ1v) is 4.64. The Hall–Kier alpha value is -2.30. The van der Waals surface area contributed by atoms with Gasteiger partial charge in [0, 0.05) is 11.6 Å². The molecule has 16 heavy (non-hydrogen) atoms. The number of rotatable bonds is 2. The summed E-state index contributed by atoms with van der Waals surface area (Å²) in [5.41, 5.74) is 1.11. The monoisotopic (exact) mass is 218 g/mol. The summed E-state index contributed by atoms with van der Waals surface area (Å²) < 4.78 is 4.98. The molecule has 1 aromatic carbocycles. The van der Waals surface area contributed by atoms with Crippen LogP contribution in [-0.4, -0.2) is 22.4 Å². The smallest absolute Gasteiger partial charge is 0.264 e. The zero-order chi connectivity index (χ0) is 11.5. The average molecular weight is 218 g/mol. The number of nitrogens with one attached hydrogen (secondary N) is 1. The van der Waals surface area contributed by atoms with E-state index in [0.717, 1.165) is 5.56 Å². The van der Waals surface area contributed by atoms with Crippen molar-refractivity contribution in [1.82, 2.24) is 10.2 Å². The van der Waals surface area contributed by atoms with Gasteiger partial charge < -0.3 is 9.84 Å². The van der Waals surface area contributed by atoms with E-state index in [2.05, 4.69) is 10.2 Å². The maximum atomic E-state index is 10.8. The third-order valence-electron chi connectivity index (χ3n) is 2.15. The molecular formula is C11H10N2O3. The Balaban J connectivity index is 2.48. The molecule has 1 aromatic heterocycles. The first-order valence-electron chi connectivity index (χ1n) is 4.64. The Bertz CT molecular complexity index is 543. The Morgan fingerprint density at radius 1 is 1.31 bits per heavy atom. The molecule has 0 amide bonds. The SMILES string of the molecule is COc1cc(-c2ccc(=O)[nH]n2)ccc1O. The van der Waals surface area contributed by atoms with Crippen molar-refractivity contribution in [3.8, 4) is 22.8 Å². The highest BCUT2D eigenvalue weighted by molar-refractivity contribution is 5.63. The van der Waals surface area contributed by atoms with E-state index in [4.69, 9.17) is 4.74 Å². The van der Waals surface area contributed by atoms with Crippen molar-refractivity contribution >= 4 is 0 Å². The third-order valence-corrected chi connectivity index (χ3v) is 2.15. The zero-order valence-corrected chi connectivity index (χ0v) is 8.60. The summed E-state index contributed by atoms with van der Waals surface area (Å²) in [6.07, 6.45) is 0. The van der Waals surface area contributed by atoms with Crippen molar-refractivity contribution in [3.63, 3.8) is 0 Å². The average Bonchev–Trinajstić information content (AvgIpc) is 2.31. The molecule has 0 unspecified atom stereocenters. The molecule has 0 saturated carbocycles. The van der Waals surface area contributed by atoms with E-state index >= 15 is 0 Å². The van der Waals surface area contributed by atoms with Crippen molar-refractivity contribution in [3.05, 3.63) is 40.7 Å². The second kappa shape index (κ2) is 4.06. The number of aromatic nitrogens is 2. The van der Waals surface area contributed by atoms with Crippen LogP contribution >= 0.6 is 0 Å². The minimum atomic E-state index is -0.255.